The summed E-state index contributed by atoms with van der Waals surface area (Å²) in [5.74, 6) is -0.164. The van der Waals surface area contributed by atoms with E-state index in [1.165, 1.54) is 4.31 Å². The Kier molecular flexibility index (Phi) is 7.43. The lowest BCUT2D eigenvalue weighted by atomic mass is 9.97. The Morgan fingerprint density at radius 3 is 2.73 bits per heavy atom. The van der Waals surface area contributed by atoms with Gasteiger partial charge in [0.25, 0.3) is 0 Å². The van der Waals surface area contributed by atoms with E-state index < -0.39 is 10.0 Å². The summed E-state index contributed by atoms with van der Waals surface area (Å²) in [5, 5.41) is 11.2. The molecule has 9 nitrogen and oxygen atoms in total. The van der Waals surface area contributed by atoms with Crippen LogP contribution in [0.15, 0.2) is 23.1 Å². The number of piperidine rings is 1. The van der Waals surface area contributed by atoms with Crippen LogP contribution in [0.2, 0.25) is 0 Å². The number of fused-ring (bicyclic) bond motifs is 1. The lowest BCUT2D eigenvalue weighted by Gasteiger charge is -2.30. The van der Waals surface area contributed by atoms with Crippen LogP contribution < -0.4 is 5.32 Å². The third-order valence-corrected chi connectivity index (χ3v) is 7.63. The summed E-state index contributed by atoms with van der Waals surface area (Å²) in [4.78, 5) is 12.5. The zero-order valence-corrected chi connectivity index (χ0v) is 18.7. The minimum Gasteiger partial charge on any atom is -0.385 e. The molecule has 0 bridgehead atoms. The molecule has 1 aliphatic heterocycles. The number of rotatable bonds is 9. The molecule has 30 heavy (non-hydrogen) atoms. The van der Waals surface area contributed by atoms with E-state index in [0.29, 0.717) is 44.6 Å². The predicted molar refractivity (Wildman–Crippen MR) is 114 cm³/mol. The quantitative estimate of drug-likeness (QED) is 0.601. The molecule has 166 valence electrons. The minimum absolute atomic E-state index is 0.00812. The third kappa shape index (κ3) is 4.81. The number of hydrogen-bond donors (Lipinski definition) is 1. The zero-order chi connectivity index (χ0) is 21.7. The Morgan fingerprint density at radius 1 is 1.33 bits per heavy atom. The van der Waals surface area contributed by atoms with Crippen molar-refractivity contribution in [1.82, 2.24) is 24.6 Å². The summed E-state index contributed by atoms with van der Waals surface area (Å²) in [6, 6.07) is 5.17. The maximum atomic E-state index is 13.1. The molecule has 1 aromatic carbocycles. The molecule has 0 radical (unpaired) electrons. The molecule has 10 heteroatoms. The molecular weight excluding hydrogens is 406 g/mol. The van der Waals surface area contributed by atoms with E-state index >= 15 is 0 Å². The fourth-order valence-corrected chi connectivity index (χ4v) is 5.15. The third-order valence-electron chi connectivity index (χ3n) is 5.74. The van der Waals surface area contributed by atoms with Gasteiger partial charge in [0.05, 0.1) is 16.5 Å². The first-order chi connectivity index (χ1) is 14.4. The van der Waals surface area contributed by atoms with E-state index in [2.05, 4.69) is 29.5 Å². The van der Waals surface area contributed by atoms with Crippen LogP contribution >= 0.6 is 0 Å². The second kappa shape index (κ2) is 9.84. The number of benzene rings is 1. The molecule has 0 aliphatic carbocycles. The van der Waals surface area contributed by atoms with Gasteiger partial charge in [0.2, 0.25) is 15.9 Å². The number of hydrogen-bond acceptors (Lipinski definition) is 6. The highest BCUT2D eigenvalue weighted by molar-refractivity contribution is 7.89. The van der Waals surface area contributed by atoms with Crippen LogP contribution in [0.5, 0.6) is 0 Å². The van der Waals surface area contributed by atoms with Crippen LogP contribution in [-0.2, 0) is 19.6 Å². The maximum Gasteiger partial charge on any atom is 0.243 e. The van der Waals surface area contributed by atoms with Crippen LogP contribution in [0.25, 0.3) is 11.0 Å². The Bertz CT molecular complexity index is 967. The number of carbonyl (C=O) groups excluding carboxylic acids is 1. The Balaban J connectivity index is 1.65. The molecule has 1 fully saturated rings. The topological polar surface area (TPSA) is 106 Å². The van der Waals surface area contributed by atoms with Gasteiger partial charge in [0.1, 0.15) is 5.52 Å². The fourth-order valence-electron chi connectivity index (χ4n) is 3.66. The van der Waals surface area contributed by atoms with Crippen molar-refractivity contribution in [2.75, 3.05) is 33.4 Å². The smallest absolute Gasteiger partial charge is 0.243 e. The molecule has 1 saturated heterocycles. The van der Waals surface area contributed by atoms with Crippen molar-refractivity contribution < 1.29 is 17.9 Å². The maximum absolute atomic E-state index is 13.1. The van der Waals surface area contributed by atoms with E-state index in [4.69, 9.17) is 4.74 Å². The molecule has 1 aliphatic rings. The number of nitrogens with one attached hydrogen (secondary N) is 1. The van der Waals surface area contributed by atoms with Gasteiger partial charge >= 0.3 is 0 Å². The van der Waals surface area contributed by atoms with Gasteiger partial charge in [0.15, 0.2) is 0 Å². The number of carbonyl (C=O) groups is 1. The molecule has 1 amide bonds. The fraction of sp³-hybridized carbons (Fsp3) is 0.650. The highest BCUT2D eigenvalue weighted by Gasteiger charge is 2.32. The number of methoxy groups -OCH3 is 1. The van der Waals surface area contributed by atoms with Crippen molar-refractivity contribution in [3.05, 3.63) is 18.2 Å². The second-order valence-corrected chi connectivity index (χ2v) is 9.70. The average Bonchev–Trinajstić information content (AvgIpc) is 3.19. The van der Waals surface area contributed by atoms with E-state index in [1.54, 1.807) is 25.3 Å². The number of amides is 1. The number of sulfonamides is 1. The van der Waals surface area contributed by atoms with Gasteiger partial charge in [-0.2, -0.15) is 4.31 Å². The monoisotopic (exact) mass is 437 g/mol. The second-order valence-electron chi connectivity index (χ2n) is 7.76. The van der Waals surface area contributed by atoms with E-state index in [-0.39, 0.29) is 22.8 Å². The van der Waals surface area contributed by atoms with Crippen LogP contribution in [0.1, 0.15) is 45.6 Å². The van der Waals surface area contributed by atoms with Gasteiger partial charge < -0.3 is 10.1 Å². The van der Waals surface area contributed by atoms with Crippen molar-refractivity contribution >= 4 is 27.0 Å². The summed E-state index contributed by atoms with van der Waals surface area (Å²) >= 11 is 0. The molecule has 0 saturated carbocycles. The van der Waals surface area contributed by atoms with Crippen molar-refractivity contribution in [1.29, 1.82) is 0 Å². The molecule has 1 aromatic heterocycles. The van der Waals surface area contributed by atoms with Crippen molar-refractivity contribution in [3.63, 3.8) is 0 Å². The molecule has 0 spiro atoms. The van der Waals surface area contributed by atoms with Gasteiger partial charge in [-0.05, 0) is 50.8 Å². The molecule has 3 rings (SSSR count). The Morgan fingerprint density at radius 2 is 2.07 bits per heavy atom. The highest BCUT2D eigenvalue weighted by atomic mass is 32.2. The van der Waals surface area contributed by atoms with Gasteiger partial charge in [-0.25, -0.2) is 13.1 Å². The van der Waals surface area contributed by atoms with Crippen molar-refractivity contribution in [2.24, 2.45) is 5.92 Å². The lowest BCUT2D eigenvalue weighted by molar-refractivity contribution is -0.126. The van der Waals surface area contributed by atoms with Crippen LogP contribution in [0.3, 0.4) is 0 Å². The molecule has 2 heterocycles. The minimum atomic E-state index is -3.64. The standard InChI is InChI=1S/C20H31N5O4S/c1-4-15(2)25-19-7-6-17(14-18(19)22-23-25)30(27,28)24-11-8-16(9-12-24)20(26)21-10-5-13-29-3/h6-7,14-16H,4-5,8-13H2,1-3H3,(H,21,26). The van der Waals surface area contributed by atoms with Crippen LogP contribution in [0, 0.1) is 5.92 Å². The van der Waals surface area contributed by atoms with Crippen LogP contribution in [0.4, 0.5) is 0 Å². The SMILES string of the molecule is CCC(C)n1nnc2cc(S(=O)(=O)N3CCC(C(=O)NCCCOC)CC3)ccc21. The van der Waals surface area contributed by atoms with Crippen LogP contribution in [-0.4, -0.2) is 67.0 Å². The summed E-state index contributed by atoms with van der Waals surface area (Å²) < 4.78 is 34.5. The summed E-state index contributed by atoms with van der Waals surface area (Å²) in [6.07, 6.45) is 2.70. The van der Waals surface area contributed by atoms with E-state index in [9.17, 15) is 13.2 Å². The number of ether oxygens (including phenoxy) is 1. The van der Waals surface area contributed by atoms with E-state index in [0.717, 1.165) is 18.4 Å². The first-order valence-electron chi connectivity index (χ1n) is 10.5. The summed E-state index contributed by atoms with van der Waals surface area (Å²) in [7, 11) is -2.01. The van der Waals surface area contributed by atoms with Gasteiger partial charge in [-0.15, -0.1) is 5.10 Å². The van der Waals surface area contributed by atoms with E-state index in [1.807, 2.05) is 4.68 Å². The number of aromatic nitrogens is 3. The Hall–Kier alpha value is -2.04. The normalized spacial score (nSPS) is 17.3. The molecule has 1 N–H and O–H groups in total. The lowest BCUT2D eigenvalue weighted by Crippen LogP contribution is -2.43. The molecular formula is C20H31N5O4S. The largest absolute Gasteiger partial charge is 0.385 e. The Labute approximate surface area is 177 Å². The zero-order valence-electron chi connectivity index (χ0n) is 17.9. The van der Waals surface area contributed by atoms with Gasteiger partial charge in [-0.3, -0.25) is 4.79 Å². The predicted octanol–water partition coefficient (Wildman–Crippen LogP) is 1.96. The highest BCUT2D eigenvalue weighted by Crippen LogP contribution is 2.26. The summed E-state index contributed by atoms with van der Waals surface area (Å²) in [5.41, 5.74) is 1.40. The summed E-state index contributed by atoms with van der Waals surface area (Å²) in [6.45, 7) is 5.96. The first kappa shape index (κ1) is 22.6. The molecule has 2 aromatic rings. The molecule has 1 unspecified atom stereocenters. The average molecular weight is 438 g/mol. The van der Waals surface area contributed by atoms with Crippen molar-refractivity contribution in [2.45, 2.75) is 50.5 Å². The first-order valence-corrected chi connectivity index (χ1v) is 11.9. The van der Waals surface area contributed by atoms with Gasteiger partial charge in [-0.1, -0.05) is 12.1 Å². The van der Waals surface area contributed by atoms with Gasteiger partial charge in [0, 0.05) is 39.3 Å². The molecule has 1 atom stereocenters. The van der Waals surface area contributed by atoms with Crippen molar-refractivity contribution in [3.8, 4) is 0 Å². The number of nitrogens with zero attached hydrogens (tertiary/aromatic N) is 4.